The van der Waals surface area contributed by atoms with Crippen molar-refractivity contribution in [1.82, 2.24) is 0 Å². The predicted octanol–water partition coefficient (Wildman–Crippen LogP) is 3.30. The lowest BCUT2D eigenvalue weighted by Gasteiger charge is -2.09. The first-order valence-electron chi connectivity index (χ1n) is 6.22. The zero-order valence-corrected chi connectivity index (χ0v) is 11.1. The van der Waals surface area contributed by atoms with Gasteiger partial charge in [-0.25, -0.2) is 0 Å². The monoisotopic (exact) mass is 255 g/mol. The number of aliphatic hydroxyl groups excluding tert-OH is 1. The molecule has 0 aromatic heterocycles. The fraction of sp³-hybridized carbons (Fsp3) is 0.188. The zero-order chi connectivity index (χ0) is 13.8. The van der Waals surface area contributed by atoms with Gasteiger partial charge in [0.1, 0.15) is 0 Å². The molecule has 0 saturated carbocycles. The van der Waals surface area contributed by atoms with Gasteiger partial charge in [0.15, 0.2) is 0 Å². The molecule has 98 valence electrons. The Hall–Kier alpha value is -2.13. The van der Waals surface area contributed by atoms with Gasteiger partial charge in [0.2, 0.25) is 0 Å². The molecule has 0 saturated heterocycles. The molecule has 3 heteroatoms. The summed E-state index contributed by atoms with van der Waals surface area (Å²) in [5, 5.41) is 12.4. The van der Waals surface area contributed by atoms with Crippen LogP contribution in [0.25, 0.3) is 0 Å². The Morgan fingerprint density at radius 1 is 1.16 bits per heavy atom. The summed E-state index contributed by atoms with van der Waals surface area (Å²) in [5.41, 5.74) is 3.14. The molecule has 2 aromatic carbocycles. The number of anilines is 1. The van der Waals surface area contributed by atoms with Crippen LogP contribution in [-0.4, -0.2) is 11.0 Å². The van der Waals surface area contributed by atoms with Gasteiger partial charge < -0.3 is 10.4 Å². The summed E-state index contributed by atoms with van der Waals surface area (Å²) in [5.74, 6) is -0.147. The SMILES string of the molecule is Cc1cccc(C(=O)Nc2cccc([C@H](C)O)c2)c1. The molecular formula is C16H17NO2. The Morgan fingerprint density at radius 3 is 2.58 bits per heavy atom. The Kier molecular flexibility index (Phi) is 3.97. The molecule has 3 nitrogen and oxygen atoms in total. The van der Waals surface area contributed by atoms with Gasteiger partial charge >= 0.3 is 0 Å². The summed E-state index contributed by atoms with van der Waals surface area (Å²) in [6.45, 7) is 3.65. The second-order valence-corrected chi connectivity index (χ2v) is 4.63. The van der Waals surface area contributed by atoms with E-state index in [1.165, 1.54) is 0 Å². The third kappa shape index (κ3) is 3.42. The van der Waals surface area contributed by atoms with Gasteiger partial charge in [-0.1, -0.05) is 29.8 Å². The molecule has 0 unspecified atom stereocenters. The van der Waals surface area contributed by atoms with Gasteiger partial charge in [-0.05, 0) is 43.7 Å². The van der Waals surface area contributed by atoms with Crippen LogP contribution < -0.4 is 5.32 Å². The molecule has 2 N–H and O–H groups in total. The zero-order valence-electron chi connectivity index (χ0n) is 11.1. The van der Waals surface area contributed by atoms with Crippen LogP contribution in [0.2, 0.25) is 0 Å². The fourth-order valence-corrected chi connectivity index (χ4v) is 1.87. The van der Waals surface area contributed by atoms with Crippen LogP contribution >= 0.6 is 0 Å². The van der Waals surface area contributed by atoms with E-state index in [0.29, 0.717) is 11.3 Å². The minimum absolute atomic E-state index is 0.147. The summed E-state index contributed by atoms with van der Waals surface area (Å²) in [6, 6.07) is 14.6. The van der Waals surface area contributed by atoms with E-state index in [9.17, 15) is 9.90 Å². The predicted molar refractivity (Wildman–Crippen MR) is 76.2 cm³/mol. The third-order valence-corrected chi connectivity index (χ3v) is 2.91. The van der Waals surface area contributed by atoms with Crippen molar-refractivity contribution in [3.63, 3.8) is 0 Å². The van der Waals surface area contributed by atoms with Crippen LogP contribution in [-0.2, 0) is 0 Å². The first-order chi connectivity index (χ1) is 9.06. The van der Waals surface area contributed by atoms with Crippen molar-refractivity contribution in [2.45, 2.75) is 20.0 Å². The van der Waals surface area contributed by atoms with E-state index in [1.807, 2.05) is 37.3 Å². The van der Waals surface area contributed by atoms with E-state index in [2.05, 4.69) is 5.32 Å². The van der Waals surface area contributed by atoms with Gasteiger partial charge in [0.05, 0.1) is 6.10 Å². The first kappa shape index (κ1) is 13.3. The highest BCUT2D eigenvalue weighted by Crippen LogP contribution is 2.17. The van der Waals surface area contributed by atoms with Crippen LogP contribution in [0.3, 0.4) is 0 Å². The number of hydrogen-bond donors (Lipinski definition) is 2. The molecule has 2 aromatic rings. The molecule has 0 aliphatic carbocycles. The van der Waals surface area contributed by atoms with Crippen molar-refractivity contribution in [2.24, 2.45) is 0 Å². The second-order valence-electron chi connectivity index (χ2n) is 4.63. The Morgan fingerprint density at radius 2 is 1.89 bits per heavy atom. The third-order valence-electron chi connectivity index (χ3n) is 2.91. The number of amides is 1. The Bertz CT molecular complexity index is 591. The maximum absolute atomic E-state index is 12.1. The van der Waals surface area contributed by atoms with Gasteiger partial charge in [-0.3, -0.25) is 4.79 Å². The van der Waals surface area contributed by atoms with Crippen molar-refractivity contribution in [2.75, 3.05) is 5.32 Å². The van der Waals surface area contributed by atoms with Crippen molar-refractivity contribution in [3.05, 3.63) is 65.2 Å². The molecular weight excluding hydrogens is 238 g/mol. The minimum Gasteiger partial charge on any atom is -0.389 e. The molecule has 1 amide bonds. The number of rotatable bonds is 3. The second kappa shape index (κ2) is 5.67. The van der Waals surface area contributed by atoms with Crippen LogP contribution in [0.4, 0.5) is 5.69 Å². The van der Waals surface area contributed by atoms with Crippen molar-refractivity contribution in [3.8, 4) is 0 Å². The van der Waals surface area contributed by atoms with Crippen molar-refractivity contribution < 1.29 is 9.90 Å². The van der Waals surface area contributed by atoms with E-state index in [4.69, 9.17) is 0 Å². The molecule has 0 heterocycles. The quantitative estimate of drug-likeness (QED) is 0.884. The highest BCUT2D eigenvalue weighted by Gasteiger charge is 2.07. The molecule has 2 rings (SSSR count). The van der Waals surface area contributed by atoms with E-state index in [0.717, 1.165) is 11.1 Å². The number of benzene rings is 2. The Labute approximate surface area is 112 Å². The maximum Gasteiger partial charge on any atom is 0.255 e. The topological polar surface area (TPSA) is 49.3 Å². The first-order valence-corrected chi connectivity index (χ1v) is 6.22. The number of carbonyl (C=O) groups is 1. The average Bonchev–Trinajstić information content (AvgIpc) is 2.39. The fourth-order valence-electron chi connectivity index (χ4n) is 1.87. The summed E-state index contributed by atoms with van der Waals surface area (Å²) >= 11 is 0. The van der Waals surface area contributed by atoms with E-state index < -0.39 is 6.10 Å². The summed E-state index contributed by atoms with van der Waals surface area (Å²) < 4.78 is 0. The smallest absolute Gasteiger partial charge is 0.255 e. The van der Waals surface area contributed by atoms with Crippen LogP contribution in [0, 0.1) is 6.92 Å². The number of aliphatic hydroxyl groups is 1. The van der Waals surface area contributed by atoms with Crippen LogP contribution in [0.15, 0.2) is 48.5 Å². The van der Waals surface area contributed by atoms with Crippen molar-refractivity contribution >= 4 is 11.6 Å². The lowest BCUT2D eigenvalue weighted by Crippen LogP contribution is -2.12. The lowest BCUT2D eigenvalue weighted by atomic mass is 10.1. The highest BCUT2D eigenvalue weighted by molar-refractivity contribution is 6.04. The van der Waals surface area contributed by atoms with Crippen LogP contribution in [0.1, 0.15) is 34.5 Å². The molecule has 0 fully saturated rings. The van der Waals surface area contributed by atoms with Gasteiger partial charge in [-0.2, -0.15) is 0 Å². The molecule has 0 bridgehead atoms. The number of carbonyl (C=O) groups excluding carboxylic acids is 1. The average molecular weight is 255 g/mol. The summed E-state index contributed by atoms with van der Waals surface area (Å²) in [6.07, 6.45) is -0.546. The van der Waals surface area contributed by atoms with Crippen LogP contribution in [0.5, 0.6) is 0 Å². The standard InChI is InChI=1S/C16H17NO2/c1-11-5-3-7-14(9-11)16(19)17-15-8-4-6-13(10-15)12(2)18/h3-10,12,18H,1-2H3,(H,17,19)/t12-/m0/s1. The Balaban J connectivity index is 2.17. The number of hydrogen-bond acceptors (Lipinski definition) is 2. The molecule has 0 radical (unpaired) electrons. The largest absolute Gasteiger partial charge is 0.389 e. The van der Waals surface area contributed by atoms with E-state index in [-0.39, 0.29) is 5.91 Å². The molecule has 0 spiro atoms. The summed E-state index contributed by atoms with van der Waals surface area (Å²) in [4.78, 5) is 12.1. The highest BCUT2D eigenvalue weighted by atomic mass is 16.3. The molecule has 0 aliphatic heterocycles. The van der Waals surface area contributed by atoms with Gasteiger partial charge in [-0.15, -0.1) is 0 Å². The summed E-state index contributed by atoms with van der Waals surface area (Å²) in [7, 11) is 0. The number of nitrogens with one attached hydrogen (secondary N) is 1. The number of aryl methyl sites for hydroxylation is 1. The molecule has 0 aliphatic rings. The molecule has 19 heavy (non-hydrogen) atoms. The van der Waals surface area contributed by atoms with Gasteiger partial charge in [0.25, 0.3) is 5.91 Å². The van der Waals surface area contributed by atoms with Gasteiger partial charge in [0, 0.05) is 11.3 Å². The normalized spacial score (nSPS) is 11.9. The van der Waals surface area contributed by atoms with E-state index in [1.54, 1.807) is 25.1 Å². The lowest BCUT2D eigenvalue weighted by molar-refractivity contribution is 0.102. The minimum atomic E-state index is -0.546. The molecule has 1 atom stereocenters. The maximum atomic E-state index is 12.1. The van der Waals surface area contributed by atoms with E-state index >= 15 is 0 Å². The van der Waals surface area contributed by atoms with Crippen molar-refractivity contribution in [1.29, 1.82) is 0 Å².